The van der Waals surface area contributed by atoms with E-state index >= 15 is 0 Å². The van der Waals surface area contributed by atoms with E-state index in [-0.39, 0.29) is 0 Å². The Morgan fingerprint density at radius 3 is 3.08 bits per heavy atom. The van der Waals surface area contributed by atoms with Crippen molar-refractivity contribution in [1.29, 1.82) is 0 Å². The van der Waals surface area contributed by atoms with Crippen LogP contribution in [0.25, 0.3) is 0 Å². The fourth-order valence-electron chi connectivity index (χ4n) is 0.788. The van der Waals surface area contributed by atoms with Crippen molar-refractivity contribution in [3.8, 4) is 0 Å². The van der Waals surface area contributed by atoms with Gasteiger partial charge in [0.1, 0.15) is 0 Å². The van der Waals surface area contributed by atoms with Crippen LogP contribution in [0.1, 0.15) is 12.6 Å². The first kappa shape index (κ1) is 9.06. The second-order valence-electron chi connectivity index (χ2n) is 2.23. The maximum absolute atomic E-state index is 4.14. The Bertz CT molecular complexity index is 258. The fraction of sp³-hybridized carbons (Fsp3) is 0.250. The van der Waals surface area contributed by atoms with Crippen molar-refractivity contribution in [2.75, 3.05) is 5.88 Å². The van der Waals surface area contributed by atoms with Crippen LogP contribution in [0.3, 0.4) is 0 Å². The van der Waals surface area contributed by atoms with Gasteiger partial charge in [-0.15, -0.1) is 0 Å². The Hall–Kier alpha value is -1.03. The summed E-state index contributed by atoms with van der Waals surface area (Å²) in [6, 6.07) is 5.73. The zero-order chi connectivity index (χ0) is 8.81. The molecule has 1 aromatic heterocycles. The molecule has 1 heterocycles. The van der Waals surface area contributed by atoms with Gasteiger partial charge >= 0.3 is 0 Å². The first-order chi connectivity index (χ1) is 5.84. The average Bonchev–Trinajstić information content (AvgIpc) is 2.15. The molecule has 3 nitrogen and oxygen atoms in total. The number of rotatable bonds is 3. The quantitative estimate of drug-likeness (QED) is 0.319. The van der Waals surface area contributed by atoms with E-state index in [1.54, 1.807) is 6.20 Å². The molecule has 0 aliphatic carbocycles. The van der Waals surface area contributed by atoms with Gasteiger partial charge in [-0.2, -0.15) is 17.7 Å². The fourth-order valence-corrected chi connectivity index (χ4v) is 0.859. The van der Waals surface area contributed by atoms with Crippen molar-refractivity contribution in [2.24, 2.45) is 5.10 Å². The molecule has 1 N–H and O–H groups in total. The molecule has 0 fully saturated rings. The lowest BCUT2D eigenvalue weighted by molar-refractivity contribution is 0.873. The minimum absolute atomic E-state index is 0.532. The van der Waals surface area contributed by atoms with Crippen LogP contribution in [0.15, 0.2) is 29.5 Å². The summed E-state index contributed by atoms with van der Waals surface area (Å²) in [5, 5.41) is 4.04. The number of aromatic nitrogens is 1. The molecule has 0 aromatic carbocycles. The maximum atomic E-state index is 4.14. The number of nitrogens with zero attached hydrogens (tertiary/aromatic N) is 2. The smallest absolute Gasteiger partial charge is 0.0859 e. The Kier molecular flexibility index (Phi) is 3.60. The average molecular weight is 181 g/mol. The van der Waals surface area contributed by atoms with E-state index in [0.29, 0.717) is 5.88 Å². The van der Waals surface area contributed by atoms with E-state index in [1.165, 1.54) is 0 Å². The molecular weight excluding hydrogens is 170 g/mol. The molecule has 0 aliphatic rings. The van der Waals surface area contributed by atoms with Crippen LogP contribution in [0.2, 0.25) is 0 Å². The molecule has 1 rings (SSSR count). The van der Waals surface area contributed by atoms with Gasteiger partial charge in [-0.3, -0.25) is 4.98 Å². The highest BCUT2D eigenvalue weighted by Gasteiger charge is 1.94. The molecule has 12 heavy (non-hydrogen) atoms. The van der Waals surface area contributed by atoms with Crippen LogP contribution in [-0.4, -0.2) is 16.6 Å². The van der Waals surface area contributed by atoms with Gasteiger partial charge < -0.3 is 5.43 Å². The van der Waals surface area contributed by atoms with Gasteiger partial charge in [0, 0.05) is 6.20 Å². The first-order valence-electron chi connectivity index (χ1n) is 3.64. The predicted molar refractivity (Wildman–Crippen MR) is 53.4 cm³/mol. The van der Waals surface area contributed by atoms with Crippen LogP contribution in [-0.2, 0) is 0 Å². The summed E-state index contributed by atoms with van der Waals surface area (Å²) >= 11 is 3.97. The molecule has 0 saturated heterocycles. The third-order valence-electron chi connectivity index (χ3n) is 1.35. The number of nitrogens with one attached hydrogen (secondary N) is 1. The lowest BCUT2D eigenvalue weighted by Crippen LogP contribution is -2.07. The van der Waals surface area contributed by atoms with Gasteiger partial charge in [-0.25, -0.2) is 0 Å². The van der Waals surface area contributed by atoms with Gasteiger partial charge in [-0.1, -0.05) is 6.07 Å². The summed E-state index contributed by atoms with van der Waals surface area (Å²) in [5.41, 5.74) is 4.51. The molecule has 0 bridgehead atoms. The number of pyridine rings is 1. The summed E-state index contributed by atoms with van der Waals surface area (Å²) < 4.78 is 0. The minimum Gasteiger partial charge on any atom is -0.300 e. The van der Waals surface area contributed by atoms with Crippen molar-refractivity contribution in [3.05, 3.63) is 30.1 Å². The van der Waals surface area contributed by atoms with Crippen LogP contribution in [0.4, 0.5) is 0 Å². The lowest BCUT2D eigenvalue weighted by atomic mass is 10.3. The van der Waals surface area contributed by atoms with Gasteiger partial charge in [0.05, 0.1) is 17.3 Å². The molecule has 0 aliphatic heterocycles. The summed E-state index contributed by atoms with van der Waals surface area (Å²) in [7, 11) is 0. The van der Waals surface area contributed by atoms with E-state index in [2.05, 4.69) is 28.1 Å². The molecule has 0 saturated carbocycles. The Labute approximate surface area is 77.3 Å². The minimum atomic E-state index is 0.532. The largest absolute Gasteiger partial charge is 0.300 e. The molecule has 0 atom stereocenters. The van der Waals surface area contributed by atoms with Crippen molar-refractivity contribution in [3.63, 3.8) is 0 Å². The lowest BCUT2D eigenvalue weighted by Gasteiger charge is -1.98. The molecule has 4 heteroatoms. The van der Waals surface area contributed by atoms with Gasteiger partial charge in [0.25, 0.3) is 0 Å². The van der Waals surface area contributed by atoms with Gasteiger partial charge in [0.15, 0.2) is 0 Å². The van der Waals surface area contributed by atoms with Crippen molar-refractivity contribution in [1.82, 2.24) is 10.4 Å². The molecule has 64 valence electrons. The van der Waals surface area contributed by atoms with Gasteiger partial charge in [-0.05, 0) is 19.1 Å². The van der Waals surface area contributed by atoms with E-state index < -0.39 is 0 Å². The second-order valence-corrected chi connectivity index (χ2v) is 2.54. The topological polar surface area (TPSA) is 37.3 Å². The standard InChI is InChI=1S/C8H11N3S/c1-7(11-10-6-12)8-4-2-3-5-9-8/h2-5,10,12H,6H2,1H3. The van der Waals surface area contributed by atoms with E-state index in [0.717, 1.165) is 11.4 Å². The number of thiol groups is 1. The monoisotopic (exact) mass is 181 g/mol. The Morgan fingerprint density at radius 1 is 1.67 bits per heavy atom. The van der Waals surface area contributed by atoms with Crippen LogP contribution >= 0.6 is 12.6 Å². The van der Waals surface area contributed by atoms with Crippen molar-refractivity contribution < 1.29 is 0 Å². The molecular formula is C8H11N3S. The molecule has 1 aromatic rings. The summed E-state index contributed by atoms with van der Waals surface area (Å²) in [5.74, 6) is 0.532. The number of hydrogen-bond donors (Lipinski definition) is 2. The van der Waals surface area contributed by atoms with E-state index in [4.69, 9.17) is 0 Å². The summed E-state index contributed by atoms with van der Waals surface area (Å²) in [6.45, 7) is 1.90. The first-order valence-corrected chi connectivity index (χ1v) is 4.27. The van der Waals surface area contributed by atoms with Crippen LogP contribution < -0.4 is 5.43 Å². The van der Waals surface area contributed by atoms with Crippen molar-refractivity contribution in [2.45, 2.75) is 6.92 Å². The third-order valence-corrected chi connectivity index (χ3v) is 1.49. The Morgan fingerprint density at radius 2 is 2.50 bits per heavy atom. The zero-order valence-electron chi connectivity index (χ0n) is 6.86. The predicted octanol–water partition coefficient (Wildman–Crippen LogP) is 1.28. The molecule has 0 radical (unpaired) electrons. The van der Waals surface area contributed by atoms with E-state index in [9.17, 15) is 0 Å². The SMILES string of the molecule is CC(=NNCS)c1ccccn1. The Balaban J connectivity index is 2.71. The van der Waals surface area contributed by atoms with E-state index in [1.807, 2.05) is 25.1 Å². The number of hydrazone groups is 1. The highest BCUT2D eigenvalue weighted by atomic mass is 32.1. The molecule has 0 unspecified atom stereocenters. The third kappa shape index (κ3) is 2.54. The van der Waals surface area contributed by atoms with Crippen LogP contribution in [0, 0.1) is 0 Å². The summed E-state index contributed by atoms with van der Waals surface area (Å²) in [6.07, 6.45) is 1.75. The summed E-state index contributed by atoms with van der Waals surface area (Å²) in [4.78, 5) is 4.14. The number of hydrogen-bond acceptors (Lipinski definition) is 4. The highest BCUT2D eigenvalue weighted by Crippen LogP contribution is 1.94. The second kappa shape index (κ2) is 4.77. The maximum Gasteiger partial charge on any atom is 0.0859 e. The van der Waals surface area contributed by atoms with Gasteiger partial charge in [0.2, 0.25) is 0 Å². The van der Waals surface area contributed by atoms with Crippen molar-refractivity contribution >= 4 is 18.3 Å². The van der Waals surface area contributed by atoms with Crippen LogP contribution in [0.5, 0.6) is 0 Å². The molecule has 0 spiro atoms. The normalized spacial score (nSPS) is 11.3. The molecule has 0 amide bonds. The zero-order valence-corrected chi connectivity index (χ0v) is 7.75. The highest BCUT2D eigenvalue weighted by molar-refractivity contribution is 7.80.